The first-order chi connectivity index (χ1) is 9.79. The van der Waals surface area contributed by atoms with Crippen LogP contribution in [0.5, 0.6) is 0 Å². The first kappa shape index (κ1) is 14.9. The van der Waals surface area contributed by atoms with Crippen LogP contribution in [0.1, 0.15) is 5.56 Å². The van der Waals surface area contributed by atoms with Gasteiger partial charge in [-0.15, -0.1) is 0 Å². The Labute approximate surface area is 121 Å². The van der Waals surface area contributed by atoms with Crippen LogP contribution in [0, 0.1) is 5.82 Å². The fraction of sp³-hybridized carbons (Fsp3) is 0.286. The molecule has 0 aliphatic rings. The smallest absolute Gasteiger partial charge is 0.123 e. The van der Waals surface area contributed by atoms with E-state index in [0.717, 1.165) is 22.0 Å². The molecule has 1 heterocycles. The summed E-state index contributed by atoms with van der Waals surface area (Å²) >= 11 is 1.48. The second-order valence-electron chi connectivity index (χ2n) is 4.07. The average molecular weight is 293 g/mol. The lowest BCUT2D eigenvalue weighted by atomic mass is 10.2. The van der Waals surface area contributed by atoms with Gasteiger partial charge < -0.3 is 10.1 Å². The lowest BCUT2D eigenvalue weighted by Crippen LogP contribution is -2.19. The van der Waals surface area contributed by atoms with E-state index in [2.05, 4.69) is 15.3 Å². The molecule has 2 aromatic rings. The molecule has 106 valence electrons. The van der Waals surface area contributed by atoms with Gasteiger partial charge >= 0.3 is 0 Å². The molecule has 0 unspecified atom stereocenters. The van der Waals surface area contributed by atoms with Gasteiger partial charge in [0.25, 0.3) is 0 Å². The van der Waals surface area contributed by atoms with E-state index >= 15 is 0 Å². The number of aromatic nitrogens is 2. The molecule has 20 heavy (non-hydrogen) atoms. The Bertz CT molecular complexity index is 539. The standard InChI is InChI=1S/C14H16FN3OS/c1-19-7-6-17-9-11-8-12(15)2-3-13(11)20-14-10-16-4-5-18-14/h2-5,8,10,17H,6-7,9H2,1H3. The summed E-state index contributed by atoms with van der Waals surface area (Å²) in [6.45, 7) is 1.94. The number of halogens is 1. The summed E-state index contributed by atoms with van der Waals surface area (Å²) in [6.07, 6.45) is 4.96. The summed E-state index contributed by atoms with van der Waals surface area (Å²) in [5, 5.41) is 4.00. The molecule has 6 heteroatoms. The number of hydrogen-bond donors (Lipinski definition) is 1. The van der Waals surface area contributed by atoms with Gasteiger partial charge in [-0.3, -0.25) is 4.98 Å². The number of benzene rings is 1. The van der Waals surface area contributed by atoms with E-state index in [4.69, 9.17) is 4.74 Å². The van der Waals surface area contributed by atoms with Crippen LogP contribution < -0.4 is 5.32 Å². The van der Waals surface area contributed by atoms with E-state index < -0.39 is 0 Å². The molecular weight excluding hydrogens is 277 g/mol. The van der Waals surface area contributed by atoms with E-state index in [9.17, 15) is 4.39 Å². The minimum atomic E-state index is -0.239. The number of rotatable bonds is 7. The van der Waals surface area contributed by atoms with Crippen LogP contribution in [0.15, 0.2) is 46.7 Å². The van der Waals surface area contributed by atoms with Crippen molar-refractivity contribution in [3.63, 3.8) is 0 Å². The van der Waals surface area contributed by atoms with Gasteiger partial charge in [-0.1, -0.05) is 11.8 Å². The SMILES string of the molecule is COCCNCc1cc(F)ccc1Sc1cnccn1. The highest BCUT2D eigenvalue weighted by Gasteiger charge is 2.07. The van der Waals surface area contributed by atoms with Crippen molar-refractivity contribution in [2.45, 2.75) is 16.5 Å². The van der Waals surface area contributed by atoms with Crippen molar-refractivity contribution in [1.29, 1.82) is 0 Å². The monoisotopic (exact) mass is 293 g/mol. The van der Waals surface area contributed by atoms with E-state index in [1.165, 1.54) is 17.8 Å². The molecule has 0 atom stereocenters. The van der Waals surface area contributed by atoms with Crippen molar-refractivity contribution >= 4 is 11.8 Å². The lowest BCUT2D eigenvalue weighted by Gasteiger charge is -2.10. The first-order valence-electron chi connectivity index (χ1n) is 6.21. The Morgan fingerprint density at radius 1 is 1.35 bits per heavy atom. The summed E-state index contributed by atoms with van der Waals surface area (Å²) in [5.74, 6) is -0.239. The molecule has 1 aromatic carbocycles. The summed E-state index contributed by atoms with van der Waals surface area (Å²) < 4.78 is 18.3. The third-order valence-corrected chi connectivity index (χ3v) is 3.61. The topological polar surface area (TPSA) is 47.0 Å². The maximum absolute atomic E-state index is 13.4. The zero-order chi connectivity index (χ0) is 14.2. The number of methoxy groups -OCH3 is 1. The van der Waals surface area contributed by atoms with Crippen molar-refractivity contribution < 1.29 is 9.13 Å². The summed E-state index contributed by atoms with van der Waals surface area (Å²) in [6, 6.07) is 4.76. The van der Waals surface area contributed by atoms with E-state index in [1.54, 1.807) is 37.8 Å². The quantitative estimate of drug-likeness (QED) is 0.795. The van der Waals surface area contributed by atoms with Gasteiger partial charge in [-0.25, -0.2) is 9.37 Å². The predicted octanol–water partition coefficient (Wildman–Crippen LogP) is 2.50. The van der Waals surface area contributed by atoms with E-state index in [-0.39, 0.29) is 5.82 Å². The molecule has 0 spiro atoms. The van der Waals surface area contributed by atoms with Crippen molar-refractivity contribution in [2.24, 2.45) is 0 Å². The highest BCUT2D eigenvalue weighted by atomic mass is 32.2. The maximum atomic E-state index is 13.4. The Morgan fingerprint density at radius 3 is 3.00 bits per heavy atom. The largest absolute Gasteiger partial charge is 0.383 e. The molecule has 0 radical (unpaired) electrons. The van der Waals surface area contributed by atoms with E-state index in [1.807, 2.05) is 0 Å². The van der Waals surface area contributed by atoms with Crippen molar-refractivity contribution in [3.05, 3.63) is 48.2 Å². The second-order valence-corrected chi connectivity index (χ2v) is 5.13. The van der Waals surface area contributed by atoms with Gasteiger partial charge in [0.15, 0.2) is 0 Å². The molecule has 0 bridgehead atoms. The molecule has 4 nitrogen and oxygen atoms in total. The zero-order valence-corrected chi connectivity index (χ0v) is 12.0. The Morgan fingerprint density at radius 2 is 2.25 bits per heavy atom. The zero-order valence-electron chi connectivity index (χ0n) is 11.2. The second kappa shape index (κ2) is 7.94. The number of nitrogens with zero attached hydrogens (tertiary/aromatic N) is 2. The molecule has 0 fully saturated rings. The highest BCUT2D eigenvalue weighted by molar-refractivity contribution is 7.99. The normalized spacial score (nSPS) is 10.7. The fourth-order valence-electron chi connectivity index (χ4n) is 1.63. The van der Waals surface area contributed by atoms with Crippen LogP contribution in [-0.4, -0.2) is 30.2 Å². The fourth-order valence-corrected chi connectivity index (χ4v) is 2.48. The molecule has 1 aromatic heterocycles. The molecular formula is C14H16FN3OS. The Kier molecular flexibility index (Phi) is 5.91. The minimum absolute atomic E-state index is 0.239. The third-order valence-electron chi connectivity index (χ3n) is 2.57. The molecule has 0 aliphatic heterocycles. The summed E-state index contributed by atoms with van der Waals surface area (Å²) in [4.78, 5) is 9.21. The van der Waals surface area contributed by atoms with Crippen molar-refractivity contribution in [1.82, 2.24) is 15.3 Å². The van der Waals surface area contributed by atoms with Crippen LogP contribution in [0.25, 0.3) is 0 Å². The van der Waals surface area contributed by atoms with Gasteiger partial charge in [0.05, 0.1) is 12.8 Å². The summed E-state index contributed by atoms with van der Waals surface area (Å²) in [5.41, 5.74) is 0.900. The van der Waals surface area contributed by atoms with Gasteiger partial charge in [-0.2, -0.15) is 0 Å². The van der Waals surface area contributed by atoms with Crippen LogP contribution >= 0.6 is 11.8 Å². The third kappa shape index (κ3) is 4.56. The molecule has 0 saturated carbocycles. The van der Waals surface area contributed by atoms with Crippen LogP contribution in [-0.2, 0) is 11.3 Å². The van der Waals surface area contributed by atoms with Gasteiger partial charge in [0, 0.05) is 37.5 Å². The predicted molar refractivity (Wildman–Crippen MR) is 76.1 cm³/mol. The average Bonchev–Trinajstić information content (AvgIpc) is 2.47. The number of ether oxygens (including phenoxy) is 1. The molecule has 0 aliphatic carbocycles. The lowest BCUT2D eigenvalue weighted by molar-refractivity contribution is 0.199. The highest BCUT2D eigenvalue weighted by Crippen LogP contribution is 2.29. The van der Waals surface area contributed by atoms with Crippen LogP contribution in [0.3, 0.4) is 0 Å². The number of hydrogen-bond acceptors (Lipinski definition) is 5. The van der Waals surface area contributed by atoms with Gasteiger partial charge in [-0.05, 0) is 23.8 Å². The maximum Gasteiger partial charge on any atom is 0.123 e. The van der Waals surface area contributed by atoms with Crippen molar-refractivity contribution in [3.8, 4) is 0 Å². The molecule has 1 N–H and O–H groups in total. The Balaban J connectivity index is 2.07. The molecule has 0 amide bonds. The Hall–Kier alpha value is -1.50. The van der Waals surface area contributed by atoms with Gasteiger partial charge in [0.1, 0.15) is 10.8 Å². The van der Waals surface area contributed by atoms with E-state index in [0.29, 0.717) is 13.2 Å². The van der Waals surface area contributed by atoms with Crippen molar-refractivity contribution in [2.75, 3.05) is 20.3 Å². The minimum Gasteiger partial charge on any atom is -0.383 e. The molecule has 0 saturated heterocycles. The van der Waals surface area contributed by atoms with Crippen LogP contribution in [0.4, 0.5) is 4.39 Å². The molecule has 2 rings (SSSR count). The first-order valence-corrected chi connectivity index (χ1v) is 7.03. The summed E-state index contributed by atoms with van der Waals surface area (Å²) in [7, 11) is 1.65. The van der Waals surface area contributed by atoms with Crippen LogP contribution in [0.2, 0.25) is 0 Å². The number of nitrogens with one attached hydrogen (secondary N) is 1. The van der Waals surface area contributed by atoms with Gasteiger partial charge in [0.2, 0.25) is 0 Å².